The number of Topliss-reactive ketones (excluding diaryl/α,β-unsaturated/α-hetero) is 1. The Bertz CT molecular complexity index is 1590. The minimum atomic E-state index is -0.419. The van der Waals surface area contributed by atoms with Crippen LogP contribution in [0.1, 0.15) is 99.9 Å². The zero-order valence-corrected chi connectivity index (χ0v) is 23.8. The zero-order valence-electron chi connectivity index (χ0n) is 23.8. The van der Waals surface area contributed by atoms with Crippen molar-refractivity contribution in [1.29, 1.82) is 0 Å². The van der Waals surface area contributed by atoms with E-state index in [-0.39, 0.29) is 45.5 Å². The molecule has 3 aromatic carbocycles. The fourth-order valence-corrected chi connectivity index (χ4v) is 5.92. The van der Waals surface area contributed by atoms with Crippen molar-refractivity contribution in [3.63, 3.8) is 0 Å². The summed E-state index contributed by atoms with van der Waals surface area (Å²) >= 11 is 0. The molecule has 0 saturated carbocycles. The number of carbonyl (C=O) groups excluding carboxylic acids is 4. The van der Waals surface area contributed by atoms with Crippen LogP contribution in [0, 0.1) is 11.8 Å². The monoisotopic (exact) mass is 549 g/mol. The molecule has 2 unspecified atom stereocenters. The lowest BCUT2D eigenvalue weighted by Gasteiger charge is -2.31. The highest BCUT2D eigenvalue weighted by Gasteiger charge is 2.37. The molecule has 6 nitrogen and oxygen atoms in total. The standard InChI is InChI=1S/C35H35NO5/c1-4-6-10-22(5-2)20-36-34(40)26-16-14-24(32(38)23-11-8-7-9-12-23)30-25(15-17-27(31(26)30)35(36)41)33(39)28-19-21(3)13-18-29(28)37/h7-9,11-18,21-22,37H,4-6,10,19-20H2,1-3H3. The molecule has 1 aliphatic heterocycles. The number of aliphatic hydroxyl groups excluding tert-OH is 1. The predicted octanol–water partition coefficient (Wildman–Crippen LogP) is 7.47. The lowest BCUT2D eigenvalue weighted by molar-refractivity contribution is 0.0579. The molecular formula is C35H35NO5. The number of allylic oxidation sites excluding steroid dienone is 3. The number of aliphatic hydroxyl groups is 1. The van der Waals surface area contributed by atoms with Gasteiger partial charge >= 0.3 is 0 Å². The third kappa shape index (κ3) is 5.15. The molecule has 2 amide bonds. The summed E-state index contributed by atoms with van der Waals surface area (Å²) in [6.45, 7) is 6.46. The molecule has 1 aliphatic carbocycles. The molecule has 3 aromatic rings. The highest BCUT2D eigenvalue weighted by atomic mass is 16.3. The third-order valence-corrected chi connectivity index (χ3v) is 8.31. The maximum atomic E-state index is 14.0. The molecule has 2 atom stereocenters. The summed E-state index contributed by atoms with van der Waals surface area (Å²) in [6.07, 6.45) is 7.54. The molecule has 6 heteroatoms. The Morgan fingerprint density at radius 1 is 0.902 bits per heavy atom. The Kier molecular flexibility index (Phi) is 8.02. The maximum Gasteiger partial charge on any atom is 0.261 e. The Morgan fingerprint density at radius 2 is 1.54 bits per heavy atom. The number of hydrogen-bond acceptors (Lipinski definition) is 5. The van der Waals surface area contributed by atoms with Crippen LogP contribution < -0.4 is 0 Å². The summed E-state index contributed by atoms with van der Waals surface area (Å²) in [7, 11) is 0. The molecule has 0 saturated heterocycles. The van der Waals surface area contributed by atoms with E-state index in [1.54, 1.807) is 48.5 Å². The topological polar surface area (TPSA) is 91.8 Å². The number of rotatable bonds is 10. The van der Waals surface area contributed by atoms with E-state index >= 15 is 0 Å². The second kappa shape index (κ2) is 11.7. The molecule has 1 heterocycles. The normalized spacial score (nSPS) is 17.3. The first-order valence-corrected chi connectivity index (χ1v) is 14.5. The molecule has 41 heavy (non-hydrogen) atoms. The quantitative estimate of drug-likeness (QED) is 0.209. The van der Waals surface area contributed by atoms with Gasteiger partial charge < -0.3 is 5.11 Å². The van der Waals surface area contributed by atoms with Gasteiger partial charge in [-0.1, -0.05) is 76.4 Å². The molecule has 1 N–H and O–H groups in total. The first-order valence-electron chi connectivity index (χ1n) is 14.5. The number of nitrogens with zero attached hydrogens (tertiary/aromatic N) is 1. The van der Waals surface area contributed by atoms with Crippen LogP contribution in [0.25, 0.3) is 10.8 Å². The summed E-state index contributed by atoms with van der Waals surface area (Å²) in [5, 5.41) is 11.2. The molecule has 5 rings (SSSR count). The van der Waals surface area contributed by atoms with Crippen LogP contribution in [0.3, 0.4) is 0 Å². The van der Waals surface area contributed by atoms with E-state index in [9.17, 15) is 24.3 Å². The van der Waals surface area contributed by atoms with Gasteiger partial charge in [0.1, 0.15) is 5.76 Å². The molecule has 0 spiro atoms. The van der Waals surface area contributed by atoms with E-state index in [2.05, 4.69) is 13.8 Å². The van der Waals surface area contributed by atoms with Gasteiger partial charge in [0.15, 0.2) is 11.6 Å². The Morgan fingerprint density at radius 3 is 2.15 bits per heavy atom. The summed E-state index contributed by atoms with van der Waals surface area (Å²) in [5.41, 5.74) is 1.71. The van der Waals surface area contributed by atoms with Crippen molar-refractivity contribution in [3.8, 4) is 0 Å². The van der Waals surface area contributed by atoms with Crippen molar-refractivity contribution in [1.82, 2.24) is 4.90 Å². The van der Waals surface area contributed by atoms with Gasteiger partial charge in [0.05, 0.1) is 0 Å². The summed E-state index contributed by atoms with van der Waals surface area (Å²) in [4.78, 5) is 56.8. The van der Waals surface area contributed by atoms with Crippen LogP contribution >= 0.6 is 0 Å². The van der Waals surface area contributed by atoms with Gasteiger partial charge in [-0.25, -0.2) is 0 Å². The summed E-state index contributed by atoms with van der Waals surface area (Å²) in [6, 6.07) is 15.1. The Labute approximate surface area is 240 Å². The van der Waals surface area contributed by atoms with E-state index in [0.29, 0.717) is 35.0 Å². The molecule has 0 aromatic heterocycles. The predicted molar refractivity (Wildman–Crippen MR) is 159 cm³/mol. The molecule has 2 aliphatic rings. The fourth-order valence-electron chi connectivity index (χ4n) is 5.92. The van der Waals surface area contributed by atoms with Gasteiger partial charge in [-0.2, -0.15) is 0 Å². The number of imide groups is 1. The van der Waals surface area contributed by atoms with Crippen molar-refractivity contribution in [3.05, 3.63) is 106 Å². The molecular weight excluding hydrogens is 514 g/mol. The Balaban J connectivity index is 1.71. The van der Waals surface area contributed by atoms with Gasteiger partial charge in [0.2, 0.25) is 0 Å². The minimum absolute atomic E-state index is 0.0474. The zero-order chi connectivity index (χ0) is 29.3. The number of carbonyl (C=O) groups is 4. The molecule has 210 valence electrons. The fraction of sp³-hybridized carbons (Fsp3) is 0.314. The maximum absolute atomic E-state index is 14.0. The first kappa shape index (κ1) is 28.2. The average molecular weight is 550 g/mol. The van der Waals surface area contributed by atoms with Gasteiger partial charge in [0, 0.05) is 50.7 Å². The van der Waals surface area contributed by atoms with Crippen LogP contribution in [0.15, 0.2) is 78.1 Å². The number of amides is 2. The van der Waals surface area contributed by atoms with Crippen LogP contribution in [0.5, 0.6) is 0 Å². The van der Waals surface area contributed by atoms with Gasteiger partial charge in [-0.05, 0) is 55.0 Å². The number of ketones is 2. The third-order valence-electron chi connectivity index (χ3n) is 8.31. The second-order valence-electron chi connectivity index (χ2n) is 11.1. The van der Waals surface area contributed by atoms with Crippen molar-refractivity contribution in [2.75, 3.05) is 6.54 Å². The largest absolute Gasteiger partial charge is 0.508 e. The van der Waals surface area contributed by atoms with Crippen LogP contribution in [-0.4, -0.2) is 39.9 Å². The van der Waals surface area contributed by atoms with E-state index in [0.717, 1.165) is 25.7 Å². The molecule has 0 fully saturated rings. The minimum Gasteiger partial charge on any atom is -0.508 e. The number of benzene rings is 3. The van der Waals surface area contributed by atoms with Crippen molar-refractivity contribution in [2.45, 2.75) is 52.9 Å². The lowest BCUT2D eigenvalue weighted by atomic mass is 9.82. The molecule has 0 bridgehead atoms. The highest BCUT2D eigenvalue weighted by molar-refractivity contribution is 6.32. The van der Waals surface area contributed by atoms with Crippen molar-refractivity contribution < 1.29 is 24.3 Å². The van der Waals surface area contributed by atoms with Crippen molar-refractivity contribution in [2.24, 2.45) is 11.8 Å². The van der Waals surface area contributed by atoms with E-state index in [4.69, 9.17) is 0 Å². The first-order chi connectivity index (χ1) is 19.8. The van der Waals surface area contributed by atoms with Crippen LogP contribution in [0.4, 0.5) is 0 Å². The average Bonchev–Trinajstić information content (AvgIpc) is 3.00. The Hall–Kier alpha value is -4.32. The number of hydrogen-bond donors (Lipinski definition) is 1. The van der Waals surface area contributed by atoms with Gasteiger partial charge in [-0.3, -0.25) is 24.1 Å². The van der Waals surface area contributed by atoms with Crippen LogP contribution in [0.2, 0.25) is 0 Å². The number of unbranched alkanes of at least 4 members (excludes halogenated alkanes) is 1. The van der Waals surface area contributed by atoms with Gasteiger partial charge in [0.25, 0.3) is 11.8 Å². The van der Waals surface area contributed by atoms with Crippen molar-refractivity contribution >= 4 is 34.2 Å². The van der Waals surface area contributed by atoms with Crippen LogP contribution in [-0.2, 0) is 0 Å². The SMILES string of the molecule is CCCCC(CC)CN1C(=O)c2ccc(C(=O)C3=C(O)C=CC(C)C3)c3c(C(=O)c4ccccc4)ccc(c23)C1=O. The highest BCUT2D eigenvalue weighted by Crippen LogP contribution is 2.38. The van der Waals surface area contributed by atoms with Gasteiger partial charge in [-0.15, -0.1) is 0 Å². The lowest BCUT2D eigenvalue weighted by Crippen LogP contribution is -2.43. The van der Waals surface area contributed by atoms with E-state index in [1.807, 2.05) is 19.1 Å². The van der Waals surface area contributed by atoms with E-state index < -0.39 is 17.6 Å². The molecule has 0 radical (unpaired) electrons. The smallest absolute Gasteiger partial charge is 0.261 e. The summed E-state index contributed by atoms with van der Waals surface area (Å²) < 4.78 is 0. The summed E-state index contributed by atoms with van der Waals surface area (Å²) in [5.74, 6) is -1.43. The second-order valence-corrected chi connectivity index (χ2v) is 11.1. The van der Waals surface area contributed by atoms with E-state index in [1.165, 1.54) is 11.0 Å².